The van der Waals surface area contributed by atoms with Crippen molar-refractivity contribution in [1.82, 2.24) is 0 Å². The van der Waals surface area contributed by atoms with Crippen LogP contribution in [0.4, 0.5) is 0 Å². The van der Waals surface area contributed by atoms with Crippen molar-refractivity contribution in [2.24, 2.45) is 5.92 Å². The average molecular weight is 303 g/mol. The van der Waals surface area contributed by atoms with Crippen LogP contribution in [0.15, 0.2) is 42.5 Å². The Morgan fingerprint density at radius 1 is 1.24 bits per heavy atom. The van der Waals surface area contributed by atoms with Crippen LogP contribution in [0.2, 0.25) is 5.02 Å². The van der Waals surface area contributed by atoms with Gasteiger partial charge >= 0.3 is 0 Å². The van der Waals surface area contributed by atoms with Crippen molar-refractivity contribution in [3.05, 3.63) is 64.2 Å². The van der Waals surface area contributed by atoms with Crippen molar-refractivity contribution in [1.29, 1.82) is 0 Å². The third-order valence-corrected chi connectivity index (χ3v) is 4.56. The highest BCUT2D eigenvalue weighted by atomic mass is 35.5. The van der Waals surface area contributed by atoms with Crippen LogP contribution in [-0.4, -0.2) is 12.2 Å². The van der Waals surface area contributed by atoms with E-state index >= 15 is 0 Å². The Hall–Kier alpha value is -1.51. The van der Waals surface area contributed by atoms with E-state index in [1.807, 2.05) is 36.4 Å². The number of aryl methyl sites for hydroxylation is 1. The van der Waals surface area contributed by atoms with Gasteiger partial charge in [-0.25, -0.2) is 0 Å². The first-order valence-corrected chi connectivity index (χ1v) is 7.65. The van der Waals surface area contributed by atoms with Gasteiger partial charge in [0.15, 0.2) is 0 Å². The van der Waals surface area contributed by atoms with Gasteiger partial charge < -0.3 is 9.84 Å². The molecule has 21 heavy (non-hydrogen) atoms. The summed E-state index contributed by atoms with van der Waals surface area (Å²) >= 11 is 6.09. The zero-order valence-corrected chi connectivity index (χ0v) is 12.8. The molecule has 0 amide bonds. The molecule has 0 heterocycles. The Morgan fingerprint density at radius 3 is 2.86 bits per heavy atom. The van der Waals surface area contributed by atoms with Gasteiger partial charge in [-0.15, -0.1) is 0 Å². The first kappa shape index (κ1) is 14.4. The minimum absolute atomic E-state index is 0.201. The van der Waals surface area contributed by atoms with Gasteiger partial charge in [0.1, 0.15) is 5.75 Å². The largest absolute Gasteiger partial charge is 0.496 e. The summed E-state index contributed by atoms with van der Waals surface area (Å²) in [5.41, 5.74) is 3.39. The van der Waals surface area contributed by atoms with Gasteiger partial charge in [0.25, 0.3) is 0 Å². The SMILES string of the molecule is COc1ccc(Cl)cc1CC1CCc2ccccc2C1O. The summed E-state index contributed by atoms with van der Waals surface area (Å²) in [7, 11) is 1.67. The summed E-state index contributed by atoms with van der Waals surface area (Å²) in [5.74, 6) is 1.04. The van der Waals surface area contributed by atoms with Crippen LogP contribution in [0.1, 0.15) is 29.2 Å². The molecule has 2 atom stereocenters. The van der Waals surface area contributed by atoms with Crippen LogP contribution in [-0.2, 0) is 12.8 Å². The Kier molecular flexibility index (Phi) is 4.18. The van der Waals surface area contributed by atoms with Crippen LogP contribution < -0.4 is 4.74 Å². The second-order valence-corrected chi connectivity index (χ2v) is 6.04. The van der Waals surface area contributed by atoms with Gasteiger partial charge in [0, 0.05) is 5.02 Å². The van der Waals surface area contributed by atoms with E-state index in [4.69, 9.17) is 16.3 Å². The second-order valence-electron chi connectivity index (χ2n) is 5.60. The van der Waals surface area contributed by atoms with E-state index < -0.39 is 6.10 Å². The Balaban J connectivity index is 1.85. The van der Waals surface area contributed by atoms with Gasteiger partial charge in [0.2, 0.25) is 0 Å². The number of hydrogen-bond donors (Lipinski definition) is 1. The molecule has 3 rings (SSSR count). The molecule has 2 aromatic carbocycles. The molecule has 2 unspecified atom stereocenters. The number of aliphatic hydroxyl groups excluding tert-OH is 1. The molecular formula is C18H19ClO2. The molecule has 0 aromatic heterocycles. The highest BCUT2D eigenvalue weighted by molar-refractivity contribution is 6.30. The smallest absolute Gasteiger partial charge is 0.122 e. The maximum Gasteiger partial charge on any atom is 0.122 e. The fraction of sp³-hybridized carbons (Fsp3) is 0.333. The van der Waals surface area contributed by atoms with Crippen LogP contribution in [0, 0.1) is 5.92 Å². The van der Waals surface area contributed by atoms with Crippen LogP contribution in [0.3, 0.4) is 0 Å². The summed E-state index contributed by atoms with van der Waals surface area (Å²) in [6.45, 7) is 0. The van der Waals surface area contributed by atoms with Crippen molar-refractivity contribution < 1.29 is 9.84 Å². The van der Waals surface area contributed by atoms with Crippen molar-refractivity contribution in [3.8, 4) is 5.75 Å². The van der Waals surface area contributed by atoms with E-state index in [9.17, 15) is 5.11 Å². The maximum atomic E-state index is 10.6. The molecule has 1 aliphatic carbocycles. The Bertz CT molecular complexity index is 639. The number of methoxy groups -OCH3 is 1. The Morgan fingerprint density at radius 2 is 2.05 bits per heavy atom. The summed E-state index contributed by atoms with van der Waals surface area (Å²) < 4.78 is 5.41. The Labute approximate surface area is 130 Å². The summed E-state index contributed by atoms with van der Waals surface area (Å²) in [6.07, 6.45) is 2.35. The number of aliphatic hydroxyl groups is 1. The van der Waals surface area contributed by atoms with Gasteiger partial charge in [-0.05, 0) is 60.1 Å². The lowest BCUT2D eigenvalue weighted by Crippen LogP contribution is -2.22. The van der Waals surface area contributed by atoms with Gasteiger partial charge in [-0.3, -0.25) is 0 Å². The summed E-state index contributed by atoms with van der Waals surface area (Å²) in [6, 6.07) is 13.8. The van der Waals surface area contributed by atoms with E-state index in [1.54, 1.807) is 7.11 Å². The zero-order chi connectivity index (χ0) is 14.8. The predicted octanol–water partition coefficient (Wildman–Crippen LogP) is 4.19. The van der Waals surface area contributed by atoms with E-state index in [0.29, 0.717) is 5.02 Å². The normalized spacial score (nSPS) is 20.9. The number of benzene rings is 2. The lowest BCUT2D eigenvalue weighted by atomic mass is 9.78. The molecule has 0 saturated carbocycles. The number of halogens is 1. The number of fused-ring (bicyclic) bond motifs is 1. The van der Waals surface area contributed by atoms with Crippen LogP contribution in [0.5, 0.6) is 5.75 Å². The fourth-order valence-corrected chi connectivity index (χ4v) is 3.40. The van der Waals surface area contributed by atoms with E-state index in [-0.39, 0.29) is 5.92 Å². The van der Waals surface area contributed by atoms with Crippen molar-refractivity contribution in [3.63, 3.8) is 0 Å². The summed E-state index contributed by atoms with van der Waals surface area (Å²) in [5, 5.41) is 11.3. The van der Waals surface area contributed by atoms with E-state index in [0.717, 1.165) is 36.1 Å². The fourth-order valence-electron chi connectivity index (χ4n) is 3.21. The van der Waals surface area contributed by atoms with Crippen molar-refractivity contribution in [2.45, 2.75) is 25.4 Å². The zero-order valence-electron chi connectivity index (χ0n) is 12.1. The number of hydrogen-bond acceptors (Lipinski definition) is 2. The molecule has 110 valence electrons. The minimum atomic E-state index is -0.418. The van der Waals surface area contributed by atoms with Crippen LogP contribution >= 0.6 is 11.6 Å². The highest BCUT2D eigenvalue weighted by Crippen LogP contribution is 2.38. The van der Waals surface area contributed by atoms with Gasteiger partial charge in [0.05, 0.1) is 13.2 Å². The molecule has 3 heteroatoms. The predicted molar refractivity (Wildman–Crippen MR) is 84.9 cm³/mol. The van der Waals surface area contributed by atoms with Crippen molar-refractivity contribution >= 4 is 11.6 Å². The third-order valence-electron chi connectivity index (χ3n) is 4.33. The molecule has 1 aliphatic rings. The first-order valence-electron chi connectivity index (χ1n) is 7.27. The first-order chi connectivity index (χ1) is 10.2. The number of ether oxygens (including phenoxy) is 1. The summed E-state index contributed by atoms with van der Waals surface area (Å²) in [4.78, 5) is 0. The van der Waals surface area contributed by atoms with Crippen LogP contribution in [0.25, 0.3) is 0 Å². The molecule has 0 saturated heterocycles. The standard InChI is InChI=1S/C18H19ClO2/c1-21-17-9-8-15(19)11-14(17)10-13-7-6-12-4-2-3-5-16(12)18(13)20/h2-5,8-9,11,13,18,20H,6-7,10H2,1H3. The maximum absolute atomic E-state index is 10.6. The van der Waals surface area contributed by atoms with E-state index in [2.05, 4.69) is 6.07 Å². The molecule has 2 aromatic rings. The topological polar surface area (TPSA) is 29.5 Å². The highest BCUT2D eigenvalue weighted by Gasteiger charge is 2.28. The third kappa shape index (κ3) is 2.92. The lowest BCUT2D eigenvalue weighted by molar-refractivity contribution is 0.0933. The van der Waals surface area contributed by atoms with Crippen molar-refractivity contribution in [2.75, 3.05) is 7.11 Å². The molecule has 0 bridgehead atoms. The van der Waals surface area contributed by atoms with Gasteiger partial charge in [-0.2, -0.15) is 0 Å². The number of rotatable bonds is 3. The molecule has 0 spiro atoms. The monoisotopic (exact) mass is 302 g/mol. The average Bonchev–Trinajstić information content (AvgIpc) is 2.51. The second kappa shape index (κ2) is 6.08. The minimum Gasteiger partial charge on any atom is -0.496 e. The molecule has 0 radical (unpaired) electrons. The molecule has 2 nitrogen and oxygen atoms in total. The molecular weight excluding hydrogens is 284 g/mol. The quantitative estimate of drug-likeness (QED) is 0.921. The van der Waals surface area contributed by atoms with Gasteiger partial charge in [-0.1, -0.05) is 35.9 Å². The molecule has 0 fully saturated rings. The van der Waals surface area contributed by atoms with E-state index in [1.165, 1.54) is 5.56 Å². The lowest BCUT2D eigenvalue weighted by Gasteiger charge is -2.30. The molecule has 0 aliphatic heterocycles. The molecule has 1 N–H and O–H groups in total.